The lowest BCUT2D eigenvalue weighted by Crippen LogP contribution is -2.16. The fraction of sp³-hybridized carbons (Fsp3) is 0.0500. The van der Waals surface area contributed by atoms with E-state index in [4.69, 9.17) is 0 Å². The molecule has 0 radical (unpaired) electrons. The number of hydrogen-bond donors (Lipinski definition) is 2. The van der Waals surface area contributed by atoms with E-state index in [2.05, 4.69) is 10.0 Å². The van der Waals surface area contributed by atoms with Gasteiger partial charge in [-0.3, -0.25) is 19.6 Å². The number of nitrogens with zero attached hydrogens (tertiary/aromatic N) is 1. The van der Waals surface area contributed by atoms with E-state index in [0.29, 0.717) is 11.3 Å². The van der Waals surface area contributed by atoms with Crippen LogP contribution in [-0.2, 0) is 10.0 Å². The molecule has 0 unspecified atom stereocenters. The second kappa shape index (κ2) is 8.11. The van der Waals surface area contributed by atoms with Crippen molar-refractivity contribution >= 4 is 33.0 Å². The van der Waals surface area contributed by atoms with Crippen molar-refractivity contribution in [3.63, 3.8) is 0 Å². The van der Waals surface area contributed by atoms with Crippen LogP contribution in [0.5, 0.6) is 0 Å². The summed E-state index contributed by atoms with van der Waals surface area (Å²) in [5, 5.41) is 13.5. The summed E-state index contributed by atoms with van der Waals surface area (Å²) in [7, 11) is -3.89. The summed E-state index contributed by atoms with van der Waals surface area (Å²) in [6, 6.07) is 18.0. The van der Waals surface area contributed by atoms with Crippen molar-refractivity contribution in [1.82, 2.24) is 0 Å². The molecule has 0 aliphatic heterocycles. The number of non-ortho nitro benzene ring substituents is 1. The molecule has 0 aromatic heterocycles. The van der Waals surface area contributed by atoms with Crippen molar-refractivity contribution in [2.45, 2.75) is 11.8 Å². The molecule has 2 N–H and O–H groups in total. The van der Waals surface area contributed by atoms with E-state index in [1.54, 1.807) is 37.3 Å². The number of carbonyl (C=O) groups is 1. The third kappa shape index (κ3) is 4.77. The Balaban J connectivity index is 1.85. The normalized spacial score (nSPS) is 10.9. The maximum atomic E-state index is 12.6. The SMILES string of the molecule is Cc1ccc([N+](=O)[O-])cc1NC(=O)c1cccc(S(=O)(=O)Nc2ccccc2)c1. The number of para-hydroxylation sites is 1. The van der Waals surface area contributed by atoms with Crippen LogP contribution < -0.4 is 10.0 Å². The number of anilines is 2. The van der Waals surface area contributed by atoms with E-state index in [1.807, 2.05) is 0 Å². The van der Waals surface area contributed by atoms with Gasteiger partial charge in [-0.25, -0.2) is 8.42 Å². The van der Waals surface area contributed by atoms with Gasteiger partial charge in [0.15, 0.2) is 0 Å². The molecule has 0 saturated heterocycles. The summed E-state index contributed by atoms with van der Waals surface area (Å²) < 4.78 is 27.6. The molecule has 0 fully saturated rings. The number of rotatable bonds is 6. The second-order valence-corrected chi connectivity index (χ2v) is 7.89. The second-order valence-electron chi connectivity index (χ2n) is 6.21. The van der Waals surface area contributed by atoms with E-state index in [1.165, 1.54) is 42.5 Å². The summed E-state index contributed by atoms with van der Waals surface area (Å²) >= 11 is 0. The largest absolute Gasteiger partial charge is 0.321 e. The van der Waals surface area contributed by atoms with Crippen LogP contribution >= 0.6 is 0 Å². The van der Waals surface area contributed by atoms with Crippen LogP contribution in [0.2, 0.25) is 0 Å². The lowest BCUT2D eigenvalue weighted by molar-refractivity contribution is -0.384. The van der Waals surface area contributed by atoms with Gasteiger partial charge in [0.1, 0.15) is 0 Å². The van der Waals surface area contributed by atoms with E-state index >= 15 is 0 Å². The molecule has 148 valence electrons. The van der Waals surface area contributed by atoms with Crippen molar-refractivity contribution < 1.29 is 18.1 Å². The Morgan fingerprint density at radius 2 is 1.69 bits per heavy atom. The van der Waals surface area contributed by atoms with Gasteiger partial charge in [0.2, 0.25) is 0 Å². The maximum absolute atomic E-state index is 12.6. The van der Waals surface area contributed by atoms with Gasteiger partial charge in [0.05, 0.1) is 15.5 Å². The van der Waals surface area contributed by atoms with Gasteiger partial charge in [-0.1, -0.05) is 30.3 Å². The fourth-order valence-electron chi connectivity index (χ4n) is 2.58. The first-order chi connectivity index (χ1) is 13.8. The predicted octanol–water partition coefficient (Wildman–Crippen LogP) is 3.96. The standard InChI is InChI=1S/C20H17N3O5S/c1-14-10-11-17(23(25)26)13-19(14)21-20(24)15-6-5-9-18(12-15)29(27,28)22-16-7-3-2-4-8-16/h2-13,22H,1H3,(H,21,24). The molecule has 0 spiro atoms. The van der Waals surface area contributed by atoms with Crippen molar-refractivity contribution in [3.05, 3.63) is 94.0 Å². The topological polar surface area (TPSA) is 118 Å². The molecule has 0 heterocycles. The van der Waals surface area contributed by atoms with Crippen molar-refractivity contribution in [2.24, 2.45) is 0 Å². The zero-order chi connectivity index (χ0) is 21.0. The molecule has 0 aliphatic rings. The van der Waals surface area contributed by atoms with Crippen LogP contribution in [0.1, 0.15) is 15.9 Å². The Morgan fingerprint density at radius 1 is 0.966 bits per heavy atom. The first-order valence-electron chi connectivity index (χ1n) is 8.50. The fourth-order valence-corrected chi connectivity index (χ4v) is 3.68. The molecule has 3 aromatic rings. The summed E-state index contributed by atoms with van der Waals surface area (Å²) in [6.45, 7) is 1.70. The number of carbonyl (C=O) groups excluding carboxylic acids is 1. The summed E-state index contributed by atoms with van der Waals surface area (Å²) in [4.78, 5) is 22.9. The molecule has 3 rings (SSSR count). The highest BCUT2D eigenvalue weighted by atomic mass is 32.2. The smallest absolute Gasteiger partial charge is 0.271 e. The molecular weight excluding hydrogens is 394 g/mol. The Labute approximate surface area is 167 Å². The average molecular weight is 411 g/mol. The highest BCUT2D eigenvalue weighted by Gasteiger charge is 2.17. The first kappa shape index (κ1) is 20.0. The third-order valence-corrected chi connectivity index (χ3v) is 5.49. The zero-order valence-corrected chi connectivity index (χ0v) is 16.1. The maximum Gasteiger partial charge on any atom is 0.271 e. The summed E-state index contributed by atoms with van der Waals surface area (Å²) in [5.74, 6) is -0.578. The molecule has 0 saturated carbocycles. The van der Waals surface area contributed by atoms with Crippen LogP contribution in [0.3, 0.4) is 0 Å². The van der Waals surface area contributed by atoms with E-state index in [-0.39, 0.29) is 21.8 Å². The number of nitro benzene ring substituents is 1. The first-order valence-corrected chi connectivity index (χ1v) is 9.99. The Hall–Kier alpha value is -3.72. The Kier molecular flexibility index (Phi) is 5.60. The lowest BCUT2D eigenvalue weighted by Gasteiger charge is -2.11. The van der Waals surface area contributed by atoms with Crippen molar-refractivity contribution in [3.8, 4) is 0 Å². The number of aryl methyl sites for hydroxylation is 1. The number of sulfonamides is 1. The Bertz CT molecular complexity index is 1180. The van der Waals surface area contributed by atoms with E-state index in [0.717, 1.165) is 0 Å². The highest BCUT2D eigenvalue weighted by Crippen LogP contribution is 2.23. The molecule has 8 nitrogen and oxygen atoms in total. The van der Waals surface area contributed by atoms with E-state index in [9.17, 15) is 23.3 Å². The third-order valence-electron chi connectivity index (χ3n) is 4.11. The summed E-state index contributed by atoms with van der Waals surface area (Å²) in [5.41, 5.74) is 1.26. The van der Waals surface area contributed by atoms with Crippen LogP contribution in [0.25, 0.3) is 0 Å². The van der Waals surface area contributed by atoms with Gasteiger partial charge >= 0.3 is 0 Å². The van der Waals surface area contributed by atoms with Crippen LogP contribution in [0.15, 0.2) is 77.7 Å². The zero-order valence-electron chi connectivity index (χ0n) is 15.3. The number of amides is 1. The van der Waals surface area contributed by atoms with Crippen molar-refractivity contribution in [1.29, 1.82) is 0 Å². The molecule has 0 bridgehead atoms. The quantitative estimate of drug-likeness (QED) is 0.470. The molecule has 1 amide bonds. The minimum absolute atomic E-state index is 0.0789. The number of hydrogen-bond acceptors (Lipinski definition) is 5. The molecule has 0 aliphatic carbocycles. The molecule has 9 heteroatoms. The molecule has 29 heavy (non-hydrogen) atoms. The number of nitro groups is 1. The highest BCUT2D eigenvalue weighted by molar-refractivity contribution is 7.92. The monoisotopic (exact) mass is 411 g/mol. The van der Waals surface area contributed by atoms with Gasteiger partial charge in [0, 0.05) is 23.4 Å². The van der Waals surface area contributed by atoms with Crippen LogP contribution in [0, 0.1) is 17.0 Å². The minimum Gasteiger partial charge on any atom is -0.321 e. The molecular formula is C20H17N3O5S. The van der Waals surface area contributed by atoms with Gasteiger partial charge < -0.3 is 5.32 Å². The van der Waals surface area contributed by atoms with Gasteiger partial charge in [-0.15, -0.1) is 0 Å². The predicted molar refractivity (Wildman–Crippen MR) is 109 cm³/mol. The Morgan fingerprint density at radius 3 is 2.38 bits per heavy atom. The van der Waals surface area contributed by atoms with Crippen LogP contribution in [0.4, 0.5) is 17.1 Å². The van der Waals surface area contributed by atoms with Crippen LogP contribution in [-0.4, -0.2) is 19.2 Å². The van der Waals surface area contributed by atoms with Crippen molar-refractivity contribution in [2.75, 3.05) is 10.0 Å². The van der Waals surface area contributed by atoms with Gasteiger partial charge in [0.25, 0.3) is 21.6 Å². The minimum atomic E-state index is -3.89. The number of benzene rings is 3. The average Bonchev–Trinajstić information content (AvgIpc) is 2.70. The molecule has 0 atom stereocenters. The van der Waals surface area contributed by atoms with Gasteiger partial charge in [-0.05, 0) is 42.8 Å². The van der Waals surface area contributed by atoms with Gasteiger partial charge in [-0.2, -0.15) is 0 Å². The van der Waals surface area contributed by atoms with E-state index < -0.39 is 20.9 Å². The summed E-state index contributed by atoms with van der Waals surface area (Å²) in [6.07, 6.45) is 0. The number of nitrogens with one attached hydrogen (secondary N) is 2. The lowest BCUT2D eigenvalue weighted by atomic mass is 10.1. The molecule has 3 aromatic carbocycles.